The lowest BCUT2D eigenvalue weighted by Crippen LogP contribution is -2.20. The van der Waals surface area contributed by atoms with E-state index in [0.29, 0.717) is 0 Å². The summed E-state index contributed by atoms with van der Waals surface area (Å²) in [6.45, 7) is 2.34. The van der Waals surface area contributed by atoms with Crippen molar-refractivity contribution in [3.8, 4) is 22.3 Å². The zero-order valence-corrected chi connectivity index (χ0v) is 29.0. The highest BCUT2D eigenvalue weighted by Crippen LogP contribution is 2.41. The summed E-state index contributed by atoms with van der Waals surface area (Å²) in [5.74, 6) is 0. The molecular formula is C50H41N. The van der Waals surface area contributed by atoms with Crippen molar-refractivity contribution in [3.63, 3.8) is 0 Å². The molecular weight excluding hydrogens is 615 g/mol. The van der Waals surface area contributed by atoms with Crippen molar-refractivity contribution in [1.29, 1.82) is 0 Å². The lowest BCUT2D eigenvalue weighted by molar-refractivity contribution is 0.597. The zero-order chi connectivity index (χ0) is 34.5. The molecule has 2 aliphatic carbocycles. The third-order valence-corrected chi connectivity index (χ3v) is 10.2. The van der Waals surface area contributed by atoms with Gasteiger partial charge >= 0.3 is 0 Å². The third-order valence-electron chi connectivity index (χ3n) is 10.2. The van der Waals surface area contributed by atoms with Crippen molar-refractivity contribution in [1.82, 2.24) is 0 Å². The van der Waals surface area contributed by atoms with Crippen LogP contribution in [-0.4, -0.2) is 0 Å². The zero-order valence-electron chi connectivity index (χ0n) is 29.0. The van der Waals surface area contributed by atoms with Crippen LogP contribution in [0.2, 0.25) is 0 Å². The first-order valence-corrected chi connectivity index (χ1v) is 17.9. The van der Waals surface area contributed by atoms with E-state index >= 15 is 0 Å². The highest BCUT2D eigenvalue weighted by Gasteiger charge is 2.26. The van der Waals surface area contributed by atoms with Crippen LogP contribution in [-0.2, 0) is 5.41 Å². The maximum atomic E-state index is 2.44. The van der Waals surface area contributed by atoms with E-state index in [2.05, 4.69) is 218 Å². The van der Waals surface area contributed by atoms with Crippen LogP contribution in [0.4, 0.5) is 11.4 Å². The Morgan fingerprint density at radius 2 is 0.961 bits per heavy atom. The summed E-state index contributed by atoms with van der Waals surface area (Å²) in [6.07, 6.45) is 16.0. The molecule has 0 saturated heterocycles. The molecule has 0 saturated carbocycles. The Kier molecular flexibility index (Phi) is 9.02. The molecule has 1 heteroatoms. The van der Waals surface area contributed by atoms with Crippen molar-refractivity contribution < 1.29 is 0 Å². The minimum absolute atomic E-state index is 0.0194. The Morgan fingerprint density at radius 3 is 1.45 bits per heavy atom. The molecule has 0 aromatic heterocycles. The number of hydrogen-bond acceptors (Lipinski definition) is 1. The van der Waals surface area contributed by atoms with E-state index in [4.69, 9.17) is 0 Å². The summed E-state index contributed by atoms with van der Waals surface area (Å²) in [4.78, 5) is 2.39. The van der Waals surface area contributed by atoms with Gasteiger partial charge in [0.25, 0.3) is 0 Å². The Hall–Kier alpha value is -6.18. The van der Waals surface area contributed by atoms with Gasteiger partial charge in [0.2, 0.25) is 0 Å². The van der Waals surface area contributed by atoms with Crippen LogP contribution in [0.1, 0.15) is 30.9 Å². The molecule has 1 unspecified atom stereocenters. The molecule has 2 aliphatic rings. The Bertz CT molecular complexity index is 2170. The number of allylic oxidation sites excluding steroid dienone is 9. The molecule has 0 spiro atoms. The molecule has 51 heavy (non-hydrogen) atoms. The largest absolute Gasteiger partial charge is 0.310 e. The van der Waals surface area contributed by atoms with Gasteiger partial charge in [-0.3, -0.25) is 0 Å². The van der Waals surface area contributed by atoms with E-state index in [1.807, 2.05) is 0 Å². The van der Waals surface area contributed by atoms with Crippen molar-refractivity contribution in [2.75, 3.05) is 4.90 Å². The van der Waals surface area contributed by atoms with E-state index in [1.54, 1.807) is 0 Å². The van der Waals surface area contributed by atoms with Crippen molar-refractivity contribution >= 4 is 16.9 Å². The van der Waals surface area contributed by atoms with Gasteiger partial charge in [-0.2, -0.15) is 0 Å². The second-order valence-corrected chi connectivity index (χ2v) is 13.6. The van der Waals surface area contributed by atoms with Crippen LogP contribution in [0.15, 0.2) is 223 Å². The fourth-order valence-electron chi connectivity index (χ4n) is 7.28. The predicted molar refractivity (Wildman–Crippen MR) is 217 cm³/mol. The number of benzene rings is 6. The van der Waals surface area contributed by atoms with E-state index in [1.165, 1.54) is 50.1 Å². The first-order chi connectivity index (χ1) is 25.1. The second-order valence-electron chi connectivity index (χ2n) is 13.6. The fourth-order valence-corrected chi connectivity index (χ4v) is 7.28. The fraction of sp³-hybridized carbons (Fsp3) is 0.0800. The summed E-state index contributed by atoms with van der Waals surface area (Å²) >= 11 is 0. The number of hydrogen-bond donors (Lipinski definition) is 0. The van der Waals surface area contributed by atoms with Gasteiger partial charge in [-0.15, -0.1) is 0 Å². The van der Waals surface area contributed by atoms with Crippen LogP contribution >= 0.6 is 0 Å². The highest BCUT2D eigenvalue weighted by molar-refractivity contribution is 5.85. The molecule has 1 atom stereocenters. The maximum Gasteiger partial charge on any atom is 0.0464 e. The molecule has 246 valence electrons. The Morgan fingerprint density at radius 1 is 0.490 bits per heavy atom. The average Bonchev–Trinajstić information content (AvgIpc) is 3.43. The van der Waals surface area contributed by atoms with Gasteiger partial charge in [0.05, 0.1) is 0 Å². The molecule has 0 N–H and O–H groups in total. The van der Waals surface area contributed by atoms with Gasteiger partial charge in [-0.05, 0) is 99.4 Å². The topological polar surface area (TPSA) is 3.24 Å². The lowest BCUT2D eigenvalue weighted by Gasteiger charge is -2.29. The van der Waals surface area contributed by atoms with Crippen molar-refractivity contribution in [2.45, 2.75) is 25.2 Å². The summed E-state index contributed by atoms with van der Waals surface area (Å²) < 4.78 is 0. The standard InChI is InChI=1S/C50H41N/c1-50(44-21-12-5-13-22-44)35-33-43(34-36-50)48-24-14-23-47(37-49(48)42-19-10-4-11-20-42)51(45-29-25-40(26-30-45)38-15-6-2-7-16-38)46-31-27-41(28-32-46)39-17-8-3-9-18-39/h2-23,25-35,37H,24,36H2,1H3. The van der Waals surface area contributed by atoms with Gasteiger partial charge in [0, 0.05) is 22.5 Å². The summed E-state index contributed by atoms with van der Waals surface area (Å²) in [6, 6.07) is 60.8. The molecule has 0 fully saturated rings. The van der Waals surface area contributed by atoms with Gasteiger partial charge in [0.1, 0.15) is 0 Å². The monoisotopic (exact) mass is 655 g/mol. The number of rotatable bonds is 8. The number of nitrogens with zero attached hydrogens (tertiary/aromatic N) is 1. The quantitative estimate of drug-likeness (QED) is 0.158. The smallest absolute Gasteiger partial charge is 0.0464 e. The molecule has 6 aromatic rings. The van der Waals surface area contributed by atoms with Crippen LogP contribution in [0, 0.1) is 0 Å². The molecule has 0 radical (unpaired) electrons. The van der Waals surface area contributed by atoms with E-state index in [-0.39, 0.29) is 5.41 Å². The van der Waals surface area contributed by atoms with E-state index < -0.39 is 0 Å². The first kappa shape index (κ1) is 32.0. The first-order valence-electron chi connectivity index (χ1n) is 17.9. The molecule has 1 nitrogen and oxygen atoms in total. The van der Waals surface area contributed by atoms with Gasteiger partial charge in [-0.1, -0.05) is 177 Å². The normalized spacial score (nSPS) is 17.0. The second kappa shape index (κ2) is 14.4. The van der Waals surface area contributed by atoms with Crippen molar-refractivity contribution in [3.05, 3.63) is 234 Å². The third kappa shape index (κ3) is 6.84. The van der Waals surface area contributed by atoms with Crippen LogP contribution < -0.4 is 4.90 Å². The van der Waals surface area contributed by atoms with E-state index in [0.717, 1.165) is 29.9 Å². The average molecular weight is 656 g/mol. The minimum Gasteiger partial charge on any atom is -0.310 e. The molecule has 0 aliphatic heterocycles. The predicted octanol–water partition coefficient (Wildman–Crippen LogP) is 13.3. The lowest BCUT2D eigenvalue weighted by atomic mass is 9.75. The highest BCUT2D eigenvalue weighted by atomic mass is 15.1. The van der Waals surface area contributed by atoms with Gasteiger partial charge in [0.15, 0.2) is 0 Å². The van der Waals surface area contributed by atoms with Crippen molar-refractivity contribution in [2.24, 2.45) is 0 Å². The molecule has 8 rings (SSSR count). The van der Waals surface area contributed by atoms with Crippen LogP contribution in [0.3, 0.4) is 0 Å². The maximum absolute atomic E-state index is 2.44. The minimum atomic E-state index is -0.0194. The van der Waals surface area contributed by atoms with Crippen LogP contribution in [0.25, 0.3) is 27.8 Å². The molecule has 6 aromatic carbocycles. The summed E-state index contributed by atoms with van der Waals surface area (Å²) in [7, 11) is 0. The van der Waals surface area contributed by atoms with Gasteiger partial charge in [-0.25, -0.2) is 0 Å². The molecule has 0 heterocycles. The summed E-state index contributed by atoms with van der Waals surface area (Å²) in [5, 5.41) is 0. The Labute approximate surface area is 302 Å². The Balaban J connectivity index is 1.23. The number of anilines is 2. The molecule has 0 amide bonds. The molecule has 0 bridgehead atoms. The van der Waals surface area contributed by atoms with Gasteiger partial charge < -0.3 is 4.90 Å². The van der Waals surface area contributed by atoms with E-state index in [9.17, 15) is 0 Å². The van der Waals surface area contributed by atoms with Crippen LogP contribution in [0.5, 0.6) is 0 Å². The summed E-state index contributed by atoms with van der Waals surface area (Å²) in [5.41, 5.74) is 14.6. The SMILES string of the molecule is CC1(c2ccccc2)C=CC(C2=C(c3ccccc3)C=C(N(c3ccc(-c4ccccc4)cc3)c3ccc(-c4ccccc4)cc3)C=CC2)=CC1.